The Morgan fingerprint density at radius 1 is 1.31 bits per heavy atom. The minimum atomic E-state index is 0.281. The second-order valence-corrected chi connectivity index (χ2v) is 4.92. The van der Waals surface area contributed by atoms with Gasteiger partial charge in [0.05, 0.1) is 13.2 Å². The maximum atomic E-state index is 5.95. The fraction of sp³-hybridized carbons (Fsp3) is 1.00. The molecular weight excluding hydrogens is 202 g/mol. The maximum Gasteiger partial charge on any atom is 0.0594 e. The third kappa shape index (κ3) is 5.80. The molecule has 0 spiro atoms. The average molecular weight is 229 g/mol. The Bertz CT molecular complexity index is 170. The summed E-state index contributed by atoms with van der Waals surface area (Å²) >= 11 is 0. The summed E-state index contributed by atoms with van der Waals surface area (Å²) in [5, 5.41) is 3.42. The van der Waals surface area contributed by atoms with E-state index < -0.39 is 0 Å². The molecule has 16 heavy (non-hydrogen) atoms. The second kappa shape index (κ2) is 8.01. The van der Waals surface area contributed by atoms with Crippen LogP contribution in [0, 0.1) is 5.92 Å². The number of nitrogens with two attached hydrogens (primary N) is 1. The van der Waals surface area contributed by atoms with Gasteiger partial charge in [0, 0.05) is 25.7 Å². The topological polar surface area (TPSA) is 50.5 Å². The first kappa shape index (κ1) is 13.9. The maximum absolute atomic E-state index is 5.95. The van der Waals surface area contributed by atoms with Gasteiger partial charge in [0.25, 0.3) is 0 Å². The summed E-state index contributed by atoms with van der Waals surface area (Å²) in [6, 6.07) is 0.281. The molecule has 0 saturated carbocycles. The number of rotatable bonds is 7. The molecule has 1 fully saturated rings. The second-order valence-electron chi connectivity index (χ2n) is 4.92. The zero-order valence-electron chi connectivity index (χ0n) is 10.7. The van der Waals surface area contributed by atoms with Gasteiger partial charge in [-0.25, -0.2) is 0 Å². The third-order valence-electron chi connectivity index (χ3n) is 3.17. The van der Waals surface area contributed by atoms with E-state index in [4.69, 9.17) is 10.5 Å². The molecule has 96 valence electrons. The average Bonchev–Trinajstić information content (AvgIpc) is 2.29. The first-order valence-electron chi connectivity index (χ1n) is 6.46. The van der Waals surface area contributed by atoms with Crippen LogP contribution in [0.5, 0.6) is 0 Å². The first-order valence-corrected chi connectivity index (χ1v) is 6.46. The predicted molar refractivity (Wildman–Crippen MR) is 67.6 cm³/mol. The van der Waals surface area contributed by atoms with Gasteiger partial charge >= 0.3 is 0 Å². The molecule has 0 amide bonds. The van der Waals surface area contributed by atoms with E-state index in [-0.39, 0.29) is 6.04 Å². The highest BCUT2D eigenvalue weighted by atomic mass is 16.5. The Kier molecular flexibility index (Phi) is 6.96. The summed E-state index contributed by atoms with van der Waals surface area (Å²) in [6.07, 6.45) is 1.20. The summed E-state index contributed by atoms with van der Waals surface area (Å²) in [6.45, 7) is 11.5. The smallest absolute Gasteiger partial charge is 0.0594 e. The van der Waals surface area contributed by atoms with Crippen molar-refractivity contribution in [3.05, 3.63) is 0 Å². The minimum Gasteiger partial charge on any atom is -0.379 e. The lowest BCUT2D eigenvalue weighted by Crippen LogP contribution is -2.40. The highest BCUT2D eigenvalue weighted by Gasteiger charge is 2.09. The molecule has 4 heteroatoms. The van der Waals surface area contributed by atoms with Gasteiger partial charge in [-0.15, -0.1) is 0 Å². The molecule has 1 aliphatic heterocycles. The van der Waals surface area contributed by atoms with Crippen LogP contribution in [0.2, 0.25) is 0 Å². The molecule has 1 aliphatic rings. The van der Waals surface area contributed by atoms with E-state index in [9.17, 15) is 0 Å². The van der Waals surface area contributed by atoms with Crippen LogP contribution in [-0.2, 0) is 4.74 Å². The van der Waals surface area contributed by atoms with Gasteiger partial charge in [0.1, 0.15) is 0 Å². The minimum absolute atomic E-state index is 0.281. The van der Waals surface area contributed by atoms with Gasteiger partial charge in [0.2, 0.25) is 0 Å². The molecule has 1 rings (SSSR count). The van der Waals surface area contributed by atoms with E-state index in [1.54, 1.807) is 0 Å². The number of hydrogen-bond acceptors (Lipinski definition) is 4. The SMILES string of the molecule is CC(C)C(N)CNCCCN1CCOCC1. The Morgan fingerprint density at radius 2 is 2.00 bits per heavy atom. The van der Waals surface area contributed by atoms with Gasteiger partial charge in [-0.1, -0.05) is 13.8 Å². The van der Waals surface area contributed by atoms with Gasteiger partial charge in [-0.05, 0) is 25.4 Å². The van der Waals surface area contributed by atoms with Gasteiger partial charge in [-0.3, -0.25) is 4.90 Å². The number of nitrogens with one attached hydrogen (secondary N) is 1. The van der Waals surface area contributed by atoms with Crippen molar-refractivity contribution in [1.29, 1.82) is 0 Å². The van der Waals surface area contributed by atoms with E-state index in [2.05, 4.69) is 24.1 Å². The zero-order chi connectivity index (χ0) is 11.8. The molecule has 1 atom stereocenters. The van der Waals surface area contributed by atoms with E-state index >= 15 is 0 Å². The van der Waals surface area contributed by atoms with Crippen molar-refractivity contribution >= 4 is 0 Å². The van der Waals surface area contributed by atoms with Crippen LogP contribution in [0.1, 0.15) is 20.3 Å². The molecule has 0 bridgehead atoms. The molecule has 1 unspecified atom stereocenters. The van der Waals surface area contributed by atoms with Crippen molar-refractivity contribution < 1.29 is 4.74 Å². The fourth-order valence-corrected chi connectivity index (χ4v) is 1.76. The van der Waals surface area contributed by atoms with E-state index in [1.807, 2.05) is 0 Å². The van der Waals surface area contributed by atoms with Crippen LogP contribution in [-0.4, -0.2) is 56.9 Å². The number of nitrogens with zero attached hydrogens (tertiary/aromatic N) is 1. The molecule has 0 radical (unpaired) electrons. The van der Waals surface area contributed by atoms with Gasteiger partial charge in [0.15, 0.2) is 0 Å². The number of hydrogen-bond donors (Lipinski definition) is 2. The van der Waals surface area contributed by atoms with E-state index in [0.717, 1.165) is 39.4 Å². The van der Waals surface area contributed by atoms with Crippen LogP contribution >= 0.6 is 0 Å². The molecule has 0 aromatic heterocycles. The Labute approximate surface area is 99.5 Å². The van der Waals surface area contributed by atoms with E-state index in [0.29, 0.717) is 5.92 Å². The van der Waals surface area contributed by atoms with Crippen molar-refractivity contribution in [2.24, 2.45) is 11.7 Å². The third-order valence-corrected chi connectivity index (χ3v) is 3.17. The molecule has 1 saturated heterocycles. The summed E-state index contributed by atoms with van der Waals surface area (Å²) in [7, 11) is 0. The van der Waals surface area contributed by atoms with Crippen molar-refractivity contribution in [3.63, 3.8) is 0 Å². The van der Waals surface area contributed by atoms with Crippen molar-refractivity contribution in [3.8, 4) is 0 Å². The molecule has 0 aromatic rings. The van der Waals surface area contributed by atoms with Gasteiger partial charge < -0.3 is 15.8 Å². The van der Waals surface area contributed by atoms with Crippen molar-refractivity contribution in [2.45, 2.75) is 26.3 Å². The highest BCUT2D eigenvalue weighted by molar-refractivity contribution is 4.68. The quantitative estimate of drug-likeness (QED) is 0.616. The molecule has 1 heterocycles. The predicted octanol–water partition coefficient (Wildman–Crippen LogP) is 0.282. The van der Waals surface area contributed by atoms with Crippen LogP contribution in [0.3, 0.4) is 0 Å². The standard InChI is InChI=1S/C12H27N3O/c1-11(2)12(13)10-14-4-3-5-15-6-8-16-9-7-15/h11-12,14H,3-10,13H2,1-2H3. The normalized spacial score (nSPS) is 20.2. The molecular formula is C12H27N3O. The molecule has 0 aliphatic carbocycles. The molecule has 4 nitrogen and oxygen atoms in total. The fourth-order valence-electron chi connectivity index (χ4n) is 1.76. The van der Waals surface area contributed by atoms with E-state index in [1.165, 1.54) is 13.0 Å². The lowest BCUT2D eigenvalue weighted by molar-refractivity contribution is 0.0374. The van der Waals surface area contributed by atoms with Crippen molar-refractivity contribution in [1.82, 2.24) is 10.2 Å². The first-order chi connectivity index (χ1) is 7.70. The molecule has 3 N–H and O–H groups in total. The Balaban J connectivity index is 1.91. The Morgan fingerprint density at radius 3 is 2.62 bits per heavy atom. The summed E-state index contributed by atoms with van der Waals surface area (Å²) < 4.78 is 5.31. The van der Waals surface area contributed by atoms with Crippen LogP contribution in [0.25, 0.3) is 0 Å². The van der Waals surface area contributed by atoms with Crippen LogP contribution in [0.15, 0.2) is 0 Å². The Hall–Kier alpha value is -0.160. The van der Waals surface area contributed by atoms with Gasteiger partial charge in [-0.2, -0.15) is 0 Å². The number of morpholine rings is 1. The number of ether oxygens (including phenoxy) is 1. The lowest BCUT2D eigenvalue weighted by atomic mass is 10.1. The summed E-state index contributed by atoms with van der Waals surface area (Å²) in [5.74, 6) is 0.562. The summed E-state index contributed by atoms with van der Waals surface area (Å²) in [5.41, 5.74) is 5.95. The highest BCUT2D eigenvalue weighted by Crippen LogP contribution is 1.98. The van der Waals surface area contributed by atoms with Crippen LogP contribution < -0.4 is 11.1 Å². The molecule has 0 aromatic carbocycles. The monoisotopic (exact) mass is 229 g/mol. The van der Waals surface area contributed by atoms with Crippen LogP contribution in [0.4, 0.5) is 0 Å². The summed E-state index contributed by atoms with van der Waals surface area (Å²) in [4.78, 5) is 2.47. The van der Waals surface area contributed by atoms with Crippen molar-refractivity contribution in [2.75, 3.05) is 45.9 Å². The largest absolute Gasteiger partial charge is 0.379 e. The lowest BCUT2D eigenvalue weighted by Gasteiger charge is -2.26. The zero-order valence-corrected chi connectivity index (χ0v) is 10.7.